The van der Waals surface area contributed by atoms with Crippen LogP contribution in [0.4, 0.5) is 0 Å². The molecule has 2 N–H and O–H groups in total. The van der Waals surface area contributed by atoms with Gasteiger partial charge in [0, 0.05) is 11.3 Å². The van der Waals surface area contributed by atoms with E-state index in [1.165, 1.54) is 0 Å². The summed E-state index contributed by atoms with van der Waals surface area (Å²) in [5, 5.41) is 8.25. The third-order valence-corrected chi connectivity index (χ3v) is 1.03. The van der Waals surface area contributed by atoms with Crippen LogP contribution in [0, 0.1) is 11.3 Å². The van der Waals surface area contributed by atoms with Crippen molar-refractivity contribution in [2.45, 2.75) is 20.3 Å². The molecule has 0 aromatic carbocycles. The van der Waals surface area contributed by atoms with Crippen LogP contribution in [0.3, 0.4) is 0 Å². The second-order valence-electron chi connectivity index (χ2n) is 1.62. The van der Waals surface area contributed by atoms with E-state index in [-0.39, 0.29) is 0 Å². The van der Waals surface area contributed by atoms with Crippen molar-refractivity contribution >= 4 is 0 Å². The maximum atomic E-state index is 8.25. The lowest BCUT2D eigenvalue weighted by Gasteiger charge is -1.92. The Bertz CT molecular complexity index is 139. The number of hydrogen-bond acceptors (Lipinski definition) is 2. The Morgan fingerprint density at radius 2 is 2.25 bits per heavy atom. The average Bonchev–Trinajstić information content (AvgIpc) is 1.84. The van der Waals surface area contributed by atoms with Crippen LogP contribution in [-0.2, 0) is 0 Å². The van der Waals surface area contributed by atoms with E-state index in [0.717, 1.165) is 6.42 Å². The van der Waals surface area contributed by atoms with Gasteiger partial charge in [-0.05, 0) is 13.3 Å². The van der Waals surface area contributed by atoms with E-state index in [2.05, 4.69) is 0 Å². The van der Waals surface area contributed by atoms with Crippen LogP contribution in [0.25, 0.3) is 0 Å². The third-order valence-electron chi connectivity index (χ3n) is 1.03. The lowest BCUT2D eigenvalue weighted by atomic mass is 10.2. The standard InChI is InChI=1S/C6H10N2/c1-3-6(8)5(2)4-7/h3,8H2,1-2H3/b6-5+. The van der Waals surface area contributed by atoms with Crippen LogP contribution in [0.1, 0.15) is 20.3 Å². The Labute approximate surface area is 49.6 Å². The van der Waals surface area contributed by atoms with E-state index in [4.69, 9.17) is 11.0 Å². The second kappa shape index (κ2) is 3.09. The van der Waals surface area contributed by atoms with Gasteiger partial charge in [0.1, 0.15) is 0 Å². The highest BCUT2D eigenvalue weighted by Gasteiger charge is 1.89. The lowest BCUT2D eigenvalue weighted by molar-refractivity contribution is 1.04. The van der Waals surface area contributed by atoms with Gasteiger partial charge < -0.3 is 5.73 Å². The minimum absolute atomic E-state index is 0.632. The normalized spacial score (nSPS) is 12.1. The molecule has 44 valence electrons. The smallest absolute Gasteiger partial charge is 0.0962 e. The molecule has 0 bridgehead atoms. The van der Waals surface area contributed by atoms with Gasteiger partial charge in [0.15, 0.2) is 0 Å². The number of allylic oxidation sites excluding steroid dienone is 2. The molecule has 0 unspecified atom stereocenters. The maximum absolute atomic E-state index is 8.25. The van der Waals surface area contributed by atoms with Crippen LogP contribution >= 0.6 is 0 Å². The van der Waals surface area contributed by atoms with Crippen molar-refractivity contribution in [3.05, 3.63) is 11.3 Å². The monoisotopic (exact) mass is 110 g/mol. The van der Waals surface area contributed by atoms with Gasteiger partial charge in [-0.15, -0.1) is 0 Å². The zero-order valence-corrected chi connectivity index (χ0v) is 5.23. The van der Waals surface area contributed by atoms with Gasteiger partial charge in [-0.1, -0.05) is 6.92 Å². The molecule has 0 aromatic heterocycles. The first-order valence-electron chi connectivity index (χ1n) is 2.57. The number of rotatable bonds is 1. The van der Waals surface area contributed by atoms with E-state index in [1.807, 2.05) is 13.0 Å². The molecule has 0 aromatic rings. The van der Waals surface area contributed by atoms with Crippen molar-refractivity contribution in [1.82, 2.24) is 0 Å². The van der Waals surface area contributed by atoms with Crippen molar-refractivity contribution < 1.29 is 0 Å². The molecule has 2 nitrogen and oxygen atoms in total. The summed E-state index contributed by atoms with van der Waals surface area (Å²) in [6, 6.07) is 1.97. The summed E-state index contributed by atoms with van der Waals surface area (Å²) in [5.41, 5.74) is 6.70. The highest BCUT2D eigenvalue weighted by molar-refractivity contribution is 5.22. The highest BCUT2D eigenvalue weighted by atomic mass is 14.6. The molecule has 0 aliphatic heterocycles. The molecule has 0 aliphatic rings. The van der Waals surface area contributed by atoms with E-state index >= 15 is 0 Å². The topological polar surface area (TPSA) is 49.8 Å². The zero-order valence-electron chi connectivity index (χ0n) is 5.23. The van der Waals surface area contributed by atoms with Crippen LogP contribution in [-0.4, -0.2) is 0 Å². The minimum Gasteiger partial charge on any atom is -0.401 e. The molecular weight excluding hydrogens is 100 g/mol. The van der Waals surface area contributed by atoms with E-state index < -0.39 is 0 Å². The number of nitriles is 1. The predicted molar refractivity (Wildman–Crippen MR) is 32.8 cm³/mol. The fourth-order valence-electron chi connectivity index (χ4n) is 0.337. The molecule has 0 saturated heterocycles. The van der Waals surface area contributed by atoms with Gasteiger partial charge in [0.25, 0.3) is 0 Å². The molecule has 2 heteroatoms. The fraction of sp³-hybridized carbons (Fsp3) is 0.500. The van der Waals surface area contributed by atoms with E-state index in [0.29, 0.717) is 11.3 Å². The minimum atomic E-state index is 0.632. The van der Waals surface area contributed by atoms with Gasteiger partial charge in [0.2, 0.25) is 0 Å². The highest BCUT2D eigenvalue weighted by Crippen LogP contribution is 1.97. The van der Waals surface area contributed by atoms with Crippen LogP contribution in [0.5, 0.6) is 0 Å². The molecule has 0 aliphatic carbocycles. The summed E-state index contributed by atoms with van der Waals surface area (Å²) >= 11 is 0. The number of nitrogens with zero attached hydrogens (tertiary/aromatic N) is 1. The molecule has 0 rings (SSSR count). The summed E-state index contributed by atoms with van der Waals surface area (Å²) in [7, 11) is 0. The summed E-state index contributed by atoms with van der Waals surface area (Å²) in [5.74, 6) is 0. The van der Waals surface area contributed by atoms with Crippen LogP contribution < -0.4 is 5.73 Å². The molecule has 0 radical (unpaired) electrons. The Hall–Kier alpha value is -0.970. The Balaban J connectivity index is 4.10. The first-order valence-corrected chi connectivity index (χ1v) is 2.57. The molecule has 0 heterocycles. The molecule has 0 saturated carbocycles. The van der Waals surface area contributed by atoms with E-state index in [9.17, 15) is 0 Å². The Morgan fingerprint density at radius 3 is 2.38 bits per heavy atom. The molecule has 0 spiro atoms. The summed E-state index contributed by atoms with van der Waals surface area (Å²) in [6.07, 6.45) is 0.763. The number of hydrogen-bond donors (Lipinski definition) is 1. The lowest BCUT2D eigenvalue weighted by Crippen LogP contribution is -1.97. The predicted octanol–water partition coefficient (Wildman–Crippen LogP) is 1.15. The average molecular weight is 110 g/mol. The molecular formula is C6H10N2. The summed E-state index contributed by atoms with van der Waals surface area (Å²) in [6.45, 7) is 3.65. The first-order chi connectivity index (χ1) is 3.72. The Morgan fingerprint density at radius 1 is 1.75 bits per heavy atom. The van der Waals surface area contributed by atoms with Gasteiger partial charge >= 0.3 is 0 Å². The molecule has 8 heavy (non-hydrogen) atoms. The maximum Gasteiger partial charge on any atom is 0.0962 e. The zero-order chi connectivity index (χ0) is 6.57. The molecule has 0 amide bonds. The van der Waals surface area contributed by atoms with Gasteiger partial charge in [0.05, 0.1) is 6.07 Å². The summed E-state index contributed by atoms with van der Waals surface area (Å²) in [4.78, 5) is 0. The quantitative estimate of drug-likeness (QED) is 0.515. The van der Waals surface area contributed by atoms with Gasteiger partial charge in [-0.25, -0.2) is 0 Å². The number of nitrogens with two attached hydrogens (primary N) is 1. The van der Waals surface area contributed by atoms with Gasteiger partial charge in [-0.2, -0.15) is 5.26 Å². The largest absolute Gasteiger partial charge is 0.401 e. The van der Waals surface area contributed by atoms with Gasteiger partial charge in [-0.3, -0.25) is 0 Å². The second-order valence-corrected chi connectivity index (χ2v) is 1.62. The van der Waals surface area contributed by atoms with Crippen molar-refractivity contribution in [2.24, 2.45) is 5.73 Å². The SMILES string of the molecule is CC/C(N)=C(/C)C#N. The van der Waals surface area contributed by atoms with E-state index in [1.54, 1.807) is 6.92 Å². The van der Waals surface area contributed by atoms with Crippen LogP contribution in [0.15, 0.2) is 11.3 Å². The molecule has 0 atom stereocenters. The first kappa shape index (κ1) is 7.03. The fourth-order valence-corrected chi connectivity index (χ4v) is 0.337. The Kier molecular flexibility index (Phi) is 2.71. The van der Waals surface area contributed by atoms with Crippen molar-refractivity contribution in [3.8, 4) is 6.07 Å². The third kappa shape index (κ3) is 1.65. The van der Waals surface area contributed by atoms with Crippen molar-refractivity contribution in [1.29, 1.82) is 5.26 Å². The molecule has 0 fully saturated rings. The van der Waals surface area contributed by atoms with Crippen LogP contribution in [0.2, 0.25) is 0 Å². The van der Waals surface area contributed by atoms with Crippen molar-refractivity contribution in [2.75, 3.05) is 0 Å². The summed E-state index contributed by atoms with van der Waals surface area (Å²) < 4.78 is 0. The van der Waals surface area contributed by atoms with Crippen molar-refractivity contribution in [3.63, 3.8) is 0 Å².